The van der Waals surface area contributed by atoms with Crippen LogP contribution in [0, 0.1) is 0 Å². The highest BCUT2D eigenvalue weighted by atomic mass is 35.5. The number of carbonyl (C=O) groups excluding carboxylic acids is 3. The summed E-state index contributed by atoms with van der Waals surface area (Å²) in [6, 6.07) is 10.1. The number of nitrogens with one attached hydrogen (secondary N) is 2. The lowest BCUT2D eigenvalue weighted by molar-refractivity contribution is -0.132. The average Bonchev–Trinajstić information content (AvgIpc) is 3.10. The Balaban J connectivity index is 1.23. The van der Waals surface area contributed by atoms with E-state index < -0.39 is 11.8 Å². The number of halogens is 1. The normalized spacial score (nSPS) is 16.1. The molecule has 0 radical (unpaired) electrons. The van der Waals surface area contributed by atoms with Gasteiger partial charge in [0.05, 0.1) is 22.6 Å². The number of pyridine rings is 1. The minimum atomic E-state index is -0.459. The molecule has 168 valence electrons. The lowest BCUT2D eigenvalue weighted by atomic mass is 9.99. The SMILES string of the molecule is O=C1NC(=O)c2c(CC(=O)N3CCC(Oc4cc5cc[nH]c(=O)c5cc4Cl)CC3)cccc21. The molecule has 2 aromatic carbocycles. The number of carbonyl (C=O) groups is 3. The van der Waals surface area contributed by atoms with Crippen molar-refractivity contribution in [2.45, 2.75) is 25.4 Å². The average molecular weight is 466 g/mol. The second-order valence-corrected chi connectivity index (χ2v) is 8.58. The molecule has 1 saturated heterocycles. The summed E-state index contributed by atoms with van der Waals surface area (Å²) in [5.41, 5.74) is 0.946. The van der Waals surface area contributed by atoms with Gasteiger partial charge in [0, 0.05) is 37.5 Å². The van der Waals surface area contributed by atoms with Gasteiger partial charge in [-0.3, -0.25) is 24.5 Å². The monoisotopic (exact) mass is 465 g/mol. The third-order valence-corrected chi connectivity index (χ3v) is 6.40. The van der Waals surface area contributed by atoms with Crippen LogP contribution in [0.25, 0.3) is 10.8 Å². The summed E-state index contributed by atoms with van der Waals surface area (Å²) in [5.74, 6) is -0.481. The highest BCUT2D eigenvalue weighted by Gasteiger charge is 2.31. The largest absolute Gasteiger partial charge is 0.489 e. The van der Waals surface area contributed by atoms with E-state index in [9.17, 15) is 19.2 Å². The summed E-state index contributed by atoms with van der Waals surface area (Å²) in [6.45, 7) is 1.02. The van der Waals surface area contributed by atoms with Crippen LogP contribution in [0.1, 0.15) is 39.1 Å². The van der Waals surface area contributed by atoms with Gasteiger partial charge in [-0.25, -0.2) is 0 Å². The van der Waals surface area contributed by atoms with E-state index in [0.29, 0.717) is 58.8 Å². The third kappa shape index (κ3) is 3.98. The number of aromatic nitrogens is 1. The van der Waals surface area contributed by atoms with Gasteiger partial charge < -0.3 is 14.6 Å². The summed E-state index contributed by atoms with van der Waals surface area (Å²) in [7, 11) is 0. The number of H-pyrrole nitrogens is 1. The van der Waals surface area contributed by atoms with Crippen molar-refractivity contribution >= 4 is 40.1 Å². The van der Waals surface area contributed by atoms with Crippen molar-refractivity contribution in [3.8, 4) is 5.75 Å². The van der Waals surface area contributed by atoms with Crippen LogP contribution >= 0.6 is 11.6 Å². The van der Waals surface area contributed by atoms with Gasteiger partial charge in [-0.05, 0) is 35.2 Å². The fraction of sp³-hybridized carbons (Fsp3) is 0.250. The number of nitrogens with zero attached hydrogens (tertiary/aromatic N) is 1. The zero-order valence-corrected chi connectivity index (χ0v) is 18.3. The van der Waals surface area contributed by atoms with E-state index in [2.05, 4.69) is 10.3 Å². The van der Waals surface area contributed by atoms with E-state index >= 15 is 0 Å². The van der Waals surface area contributed by atoms with Gasteiger partial charge in [0.1, 0.15) is 11.9 Å². The van der Waals surface area contributed by atoms with Crippen molar-refractivity contribution in [1.29, 1.82) is 0 Å². The minimum absolute atomic E-state index is 0.0560. The molecule has 2 N–H and O–H groups in total. The second kappa shape index (κ2) is 8.37. The Hall–Kier alpha value is -3.65. The van der Waals surface area contributed by atoms with Crippen LogP contribution in [0.3, 0.4) is 0 Å². The summed E-state index contributed by atoms with van der Waals surface area (Å²) in [5, 5.41) is 3.88. The first-order valence-electron chi connectivity index (χ1n) is 10.6. The molecule has 0 atom stereocenters. The number of amides is 3. The molecule has 0 saturated carbocycles. The van der Waals surface area contributed by atoms with E-state index in [1.807, 2.05) is 0 Å². The Labute approximate surface area is 193 Å². The number of rotatable bonds is 4. The number of fused-ring (bicyclic) bond motifs is 2. The molecule has 0 aliphatic carbocycles. The molecule has 9 heteroatoms. The molecular weight excluding hydrogens is 446 g/mol. The van der Waals surface area contributed by atoms with Gasteiger partial charge in [0.2, 0.25) is 5.91 Å². The Bertz CT molecular complexity index is 1360. The number of imide groups is 1. The predicted molar refractivity (Wildman–Crippen MR) is 122 cm³/mol. The van der Waals surface area contributed by atoms with E-state index in [4.69, 9.17) is 16.3 Å². The summed E-state index contributed by atoms with van der Waals surface area (Å²) in [4.78, 5) is 53.1. The van der Waals surface area contributed by atoms with Crippen molar-refractivity contribution in [1.82, 2.24) is 15.2 Å². The minimum Gasteiger partial charge on any atom is -0.489 e. The van der Waals surface area contributed by atoms with Crippen LogP contribution in [0.15, 0.2) is 47.4 Å². The fourth-order valence-electron chi connectivity index (χ4n) is 4.39. The highest BCUT2D eigenvalue weighted by Crippen LogP contribution is 2.31. The second-order valence-electron chi connectivity index (χ2n) is 8.17. The predicted octanol–water partition coefficient (Wildman–Crippen LogP) is 2.68. The first-order valence-corrected chi connectivity index (χ1v) is 11.0. The first kappa shape index (κ1) is 21.2. The third-order valence-electron chi connectivity index (χ3n) is 6.11. The van der Waals surface area contributed by atoms with Crippen LogP contribution in [-0.2, 0) is 11.2 Å². The van der Waals surface area contributed by atoms with Crippen molar-refractivity contribution < 1.29 is 19.1 Å². The topological polar surface area (TPSA) is 109 Å². The number of piperidine rings is 1. The van der Waals surface area contributed by atoms with E-state index in [1.54, 1.807) is 47.5 Å². The molecule has 5 rings (SSSR count). The molecule has 1 fully saturated rings. The molecule has 3 aromatic rings. The Kier molecular flexibility index (Phi) is 5.38. The molecule has 3 heterocycles. The molecule has 2 aliphatic rings. The van der Waals surface area contributed by atoms with Gasteiger partial charge in [-0.1, -0.05) is 23.7 Å². The lowest BCUT2D eigenvalue weighted by Gasteiger charge is -2.32. The number of likely N-dealkylation sites (tertiary alicyclic amines) is 1. The Morgan fingerprint density at radius 2 is 1.88 bits per heavy atom. The molecule has 3 amide bonds. The molecule has 0 bridgehead atoms. The molecule has 0 unspecified atom stereocenters. The van der Waals surface area contributed by atoms with Crippen LogP contribution in [0.2, 0.25) is 5.02 Å². The van der Waals surface area contributed by atoms with Crippen molar-refractivity contribution in [2.75, 3.05) is 13.1 Å². The number of ether oxygens (including phenoxy) is 1. The molecule has 0 spiro atoms. The molecule has 2 aliphatic heterocycles. The maximum absolute atomic E-state index is 12.9. The van der Waals surface area contributed by atoms with Gasteiger partial charge >= 0.3 is 0 Å². The van der Waals surface area contributed by atoms with Crippen molar-refractivity contribution in [2.24, 2.45) is 0 Å². The van der Waals surface area contributed by atoms with Crippen LogP contribution in [0.4, 0.5) is 0 Å². The van der Waals surface area contributed by atoms with Gasteiger partial charge in [0.25, 0.3) is 17.4 Å². The Morgan fingerprint density at radius 1 is 1.09 bits per heavy atom. The van der Waals surface area contributed by atoms with Crippen LogP contribution in [0.5, 0.6) is 5.75 Å². The summed E-state index contributed by atoms with van der Waals surface area (Å²) >= 11 is 6.33. The highest BCUT2D eigenvalue weighted by molar-refractivity contribution is 6.32. The molecule has 1 aromatic heterocycles. The fourth-order valence-corrected chi connectivity index (χ4v) is 4.60. The zero-order chi connectivity index (χ0) is 23.1. The smallest absolute Gasteiger partial charge is 0.259 e. The van der Waals surface area contributed by atoms with Crippen LogP contribution in [-0.4, -0.2) is 46.8 Å². The van der Waals surface area contributed by atoms with Gasteiger partial charge in [-0.2, -0.15) is 0 Å². The van der Waals surface area contributed by atoms with E-state index in [-0.39, 0.29) is 24.0 Å². The van der Waals surface area contributed by atoms with E-state index in [1.165, 1.54) is 0 Å². The molecular formula is C24H20ClN3O5. The molecule has 8 nitrogen and oxygen atoms in total. The first-order chi connectivity index (χ1) is 15.9. The van der Waals surface area contributed by atoms with Crippen molar-refractivity contribution in [3.63, 3.8) is 0 Å². The maximum atomic E-state index is 12.9. The Morgan fingerprint density at radius 3 is 2.67 bits per heavy atom. The van der Waals surface area contributed by atoms with Gasteiger partial charge in [-0.15, -0.1) is 0 Å². The quantitative estimate of drug-likeness (QED) is 0.576. The van der Waals surface area contributed by atoms with E-state index in [0.717, 1.165) is 5.39 Å². The number of hydrogen-bond acceptors (Lipinski definition) is 5. The number of hydrogen-bond donors (Lipinski definition) is 2. The van der Waals surface area contributed by atoms with Crippen molar-refractivity contribution in [3.05, 3.63) is 74.7 Å². The van der Waals surface area contributed by atoms with Crippen LogP contribution < -0.4 is 15.6 Å². The lowest BCUT2D eigenvalue weighted by Crippen LogP contribution is -2.42. The summed E-state index contributed by atoms with van der Waals surface area (Å²) in [6.07, 6.45) is 2.77. The number of aromatic amines is 1. The maximum Gasteiger partial charge on any atom is 0.259 e. The molecule has 33 heavy (non-hydrogen) atoms. The standard InChI is InChI=1S/C24H20ClN3O5/c25-18-12-17-13(4-7-26-22(17)30)10-19(18)33-15-5-8-28(9-6-15)20(29)11-14-2-1-3-16-21(14)24(32)27-23(16)31/h1-4,7,10,12,15H,5-6,8-9,11H2,(H,26,30)(H,27,31,32). The zero-order valence-electron chi connectivity index (χ0n) is 17.5. The van der Waals surface area contributed by atoms with Gasteiger partial charge in [0.15, 0.2) is 0 Å². The number of benzene rings is 2. The summed E-state index contributed by atoms with van der Waals surface area (Å²) < 4.78 is 6.09.